The highest BCUT2D eigenvalue weighted by Crippen LogP contribution is 2.18. The summed E-state index contributed by atoms with van der Waals surface area (Å²) >= 11 is 1.39. The Balaban J connectivity index is 1.44. The third kappa shape index (κ3) is 4.12. The van der Waals surface area contributed by atoms with Crippen LogP contribution < -0.4 is 5.56 Å². The van der Waals surface area contributed by atoms with E-state index < -0.39 is 0 Å². The van der Waals surface area contributed by atoms with Crippen LogP contribution in [0.15, 0.2) is 64.7 Å². The Kier molecular flexibility index (Phi) is 4.80. The van der Waals surface area contributed by atoms with Crippen LogP contribution in [0.3, 0.4) is 0 Å². The highest BCUT2D eigenvalue weighted by molar-refractivity contribution is 7.98. The van der Waals surface area contributed by atoms with Gasteiger partial charge in [0, 0.05) is 18.0 Å². The molecule has 0 aliphatic rings. The molecule has 0 bridgehead atoms. The number of pyridine rings is 1. The van der Waals surface area contributed by atoms with Gasteiger partial charge in [-0.15, -0.1) is 5.10 Å². The molecule has 0 atom stereocenters. The number of rotatable bonds is 5. The third-order valence-corrected chi connectivity index (χ3v) is 4.64. The average Bonchev–Trinajstić information content (AvgIpc) is 3.14. The smallest absolute Gasteiger partial charge is 0.258 e. The minimum Gasteiger partial charge on any atom is -0.269 e. The number of fused-ring (bicyclic) bond motifs is 1. The van der Waals surface area contributed by atoms with Crippen molar-refractivity contribution in [1.29, 1.82) is 0 Å². The molecule has 1 aromatic carbocycles. The first kappa shape index (κ1) is 17.2. The Morgan fingerprint density at radius 3 is 2.81 bits per heavy atom. The maximum absolute atomic E-state index is 12.9. The zero-order valence-corrected chi connectivity index (χ0v) is 14.9. The lowest BCUT2D eigenvalue weighted by atomic mass is 10.2. The van der Waals surface area contributed by atoms with E-state index in [2.05, 4.69) is 20.2 Å². The van der Waals surface area contributed by atoms with Crippen molar-refractivity contribution in [2.24, 2.45) is 0 Å². The molecule has 0 saturated carbocycles. The van der Waals surface area contributed by atoms with E-state index in [1.54, 1.807) is 36.5 Å². The Labute approximate surface area is 157 Å². The molecule has 0 radical (unpaired) electrons. The van der Waals surface area contributed by atoms with Crippen LogP contribution in [0.5, 0.6) is 0 Å². The van der Waals surface area contributed by atoms with Gasteiger partial charge in [-0.25, -0.2) is 14.4 Å². The number of hydrogen-bond donors (Lipinski definition) is 1. The normalized spacial score (nSPS) is 11.4. The third-order valence-electron chi connectivity index (χ3n) is 3.76. The molecule has 3 heterocycles. The molecule has 6 nitrogen and oxygen atoms in total. The molecular formula is C19H14FN5OS. The molecule has 1 N–H and O–H groups in total. The molecule has 8 heteroatoms. The highest BCUT2D eigenvalue weighted by atomic mass is 32.2. The fraction of sp³-hybridized carbons (Fsp3) is 0.0526. The van der Waals surface area contributed by atoms with Crippen molar-refractivity contribution < 1.29 is 4.39 Å². The zero-order valence-electron chi connectivity index (χ0n) is 14.0. The SMILES string of the molecule is O=c1cc(CSc2n[nH]c(/C=C/c3ccc(F)cc3)n2)nc2ccccn12. The van der Waals surface area contributed by atoms with Gasteiger partial charge < -0.3 is 0 Å². The van der Waals surface area contributed by atoms with Gasteiger partial charge >= 0.3 is 0 Å². The maximum Gasteiger partial charge on any atom is 0.258 e. The molecule has 134 valence electrons. The lowest BCUT2D eigenvalue weighted by Gasteiger charge is -2.02. The standard InChI is InChI=1S/C19H14FN5OS/c20-14-7-4-13(5-8-14)6-9-16-22-19(24-23-16)27-12-15-11-18(26)25-10-2-1-3-17(25)21-15/h1-11H,12H2,(H,22,23,24)/b9-6+. The summed E-state index contributed by atoms with van der Waals surface area (Å²) in [5.41, 5.74) is 2.03. The van der Waals surface area contributed by atoms with Gasteiger partial charge in [0.2, 0.25) is 5.16 Å². The number of halogens is 1. The van der Waals surface area contributed by atoms with Crippen molar-refractivity contribution >= 4 is 29.6 Å². The van der Waals surface area contributed by atoms with Crippen LogP contribution in [0.4, 0.5) is 4.39 Å². The molecule has 3 aromatic heterocycles. The minimum atomic E-state index is -0.271. The van der Waals surface area contributed by atoms with Gasteiger partial charge in [-0.1, -0.05) is 36.0 Å². The van der Waals surface area contributed by atoms with Crippen LogP contribution in [0.2, 0.25) is 0 Å². The minimum absolute atomic E-state index is 0.117. The largest absolute Gasteiger partial charge is 0.269 e. The molecule has 4 rings (SSSR count). The van der Waals surface area contributed by atoms with Crippen molar-refractivity contribution in [2.75, 3.05) is 0 Å². The fourth-order valence-electron chi connectivity index (χ4n) is 2.46. The predicted octanol–water partition coefficient (Wildman–Crippen LogP) is 3.41. The lowest BCUT2D eigenvalue weighted by Crippen LogP contribution is -2.14. The monoisotopic (exact) mass is 379 g/mol. The Morgan fingerprint density at radius 2 is 1.96 bits per heavy atom. The number of benzene rings is 1. The summed E-state index contributed by atoms with van der Waals surface area (Å²) in [7, 11) is 0. The van der Waals surface area contributed by atoms with E-state index in [9.17, 15) is 9.18 Å². The van der Waals surface area contributed by atoms with Crippen molar-refractivity contribution in [3.63, 3.8) is 0 Å². The van der Waals surface area contributed by atoms with E-state index in [0.29, 0.717) is 28.1 Å². The highest BCUT2D eigenvalue weighted by Gasteiger charge is 2.06. The predicted molar refractivity (Wildman–Crippen MR) is 103 cm³/mol. The summed E-state index contributed by atoms with van der Waals surface area (Å²) in [5.74, 6) is 0.806. The first-order chi connectivity index (χ1) is 13.2. The zero-order chi connectivity index (χ0) is 18.6. The molecule has 4 aromatic rings. The summed E-state index contributed by atoms with van der Waals surface area (Å²) in [5, 5.41) is 7.54. The van der Waals surface area contributed by atoms with Gasteiger partial charge in [0.05, 0.1) is 5.69 Å². The van der Waals surface area contributed by atoms with Crippen LogP contribution in [0.25, 0.3) is 17.8 Å². The second-order valence-corrected chi connectivity index (χ2v) is 6.63. The van der Waals surface area contributed by atoms with E-state index >= 15 is 0 Å². The summed E-state index contributed by atoms with van der Waals surface area (Å²) in [6.45, 7) is 0. The average molecular weight is 379 g/mol. The lowest BCUT2D eigenvalue weighted by molar-refractivity contribution is 0.628. The van der Waals surface area contributed by atoms with E-state index in [1.807, 2.05) is 12.1 Å². The van der Waals surface area contributed by atoms with Crippen LogP contribution in [-0.4, -0.2) is 24.6 Å². The Morgan fingerprint density at radius 1 is 1.11 bits per heavy atom. The number of aromatic amines is 1. The molecule has 0 aliphatic carbocycles. The summed E-state index contributed by atoms with van der Waals surface area (Å²) in [6.07, 6.45) is 5.28. The van der Waals surface area contributed by atoms with Gasteiger partial charge in [0.1, 0.15) is 17.3 Å². The number of aromatic nitrogens is 5. The quantitative estimate of drug-likeness (QED) is 0.538. The van der Waals surface area contributed by atoms with Crippen LogP contribution in [0.1, 0.15) is 17.1 Å². The van der Waals surface area contributed by atoms with Crippen LogP contribution in [0, 0.1) is 5.82 Å². The van der Waals surface area contributed by atoms with Gasteiger partial charge in [0.25, 0.3) is 5.56 Å². The summed E-state index contributed by atoms with van der Waals surface area (Å²) in [6, 6.07) is 13.1. The molecule has 0 saturated heterocycles. The molecular weight excluding hydrogens is 365 g/mol. The van der Waals surface area contributed by atoms with Gasteiger partial charge in [-0.2, -0.15) is 0 Å². The first-order valence-corrected chi connectivity index (χ1v) is 9.12. The summed E-state index contributed by atoms with van der Waals surface area (Å²) < 4.78 is 14.4. The van der Waals surface area contributed by atoms with Gasteiger partial charge in [-0.05, 0) is 35.9 Å². The van der Waals surface area contributed by atoms with Crippen LogP contribution in [-0.2, 0) is 5.75 Å². The molecule has 0 spiro atoms. The van der Waals surface area contributed by atoms with Crippen molar-refractivity contribution in [1.82, 2.24) is 24.6 Å². The second kappa shape index (κ2) is 7.55. The Bertz CT molecular complexity index is 1170. The Hall–Kier alpha value is -3.26. The molecule has 0 unspecified atom stereocenters. The molecule has 27 heavy (non-hydrogen) atoms. The maximum atomic E-state index is 12.9. The van der Waals surface area contributed by atoms with E-state index in [0.717, 1.165) is 5.56 Å². The summed E-state index contributed by atoms with van der Waals surface area (Å²) in [4.78, 5) is 20.9. The number of hydrogen-bond acceptors (Lipinski definition) is 5. The fourth-order valence-corrected chi connectivity index (χ4v) is 3.16. The van der Waals surface area contributed by atoms with Crippen LogP contribution >= 0.6 is 11.8 Å². The topological polar surface area (TPSA) is 75.9 Å². The van der Waals surface area contributed by atoms with E-state index in [4.69, 9.17) is 0 Å². The molecule has 0 fully saturated rings. The number of H-pyrrole nitrogens is 1. The van der Waals surface area contributed by atoms with Crippen molar-refractivity contribution in [3.8, 4) is 0 Å². The number of thioether (sulfide) groups is 1. The van der Waals surface area contributed by atoms with Crippen molar-refractivity contribution in [2.45, 2.75) is 10.9 Å². The van der Waals surface area contributed by atoms with Crippen molar-refractivity contribution in [3.05, 3.63) is 88.0 Å². The molecule has 0 amide bonds. The molecule has 0 aliphatic heterocycles. The first-order valence-electron chi connectivity index (χ1n) is 8.13. The van der Waals surface area contributed by atoms with Gasteiger partial charge in [0.15, 0.2) is 0 Å². The van der Waals surface area contributed by atoms with E-state index in [-0.39, 0.29) is 11.4 Å². The van der Waals surface area contributed by atoms with E-state index in [1.165, 1.54) is 34.4 Å². The van der Waals surface area contributed by atoms with Gasteiger partial charge in [-0.3, -0.25) is 14.3 Å². The number of nitrogens with zero attached hydrogens (tertiary/aromatic N) is 4. The second-order valence-electron chi connectivity index (χ2n) is 5.69. The number of nitrogens with one attached hydrogen (secondary N) is 1.